The van der Waals surface area contributed by atoms with E-state index in [-0.39, 0.29) is 17.9 Å². The van der Waals surface area contributed by atoms with Crippen molar-refractivity contribution in [1.82, 2.24) is 9.80 Å². The highest BCUT2D eigenvalue weighted by molar-refractivity contribution is 6.31. The molecule has 118 valence electrons. The molecule has 0 N–H and O–H groups in total. The van der Waals surface area contributed by atoms with E-state index in [0.29, 0.717) is 31.7 Å². The third-order valence-corrected chi connectivity index (χ3v) is 5.34. The van der Waals surface area contributed by atoms with Gasteiger partial charge in [-0.3, -0.25) is 9.59 Å². The first-order valence-electron chi connectivity index (χ1n) is 7.83. The number of nitrogens with zero attached hydrogens (tertiary/aromatic N) is 2. The molecule has 3 rings (SSSR count). The molecule has 2 heterocycles. The van der Waals surface area contributed by atoms with Crippen molar-refractivity contribution in [3.05, 3.63) is 34.9 Å². The fourth-order valence-electron chi connectivity index (χ4n) is 3.54. The van der Waals surface area contributed by atoms with Crippen molar-refractivity contribution in [2.45, 2.75) is 31.7 Å². The summed E-state index contributed by atoms with van der Waals surface area (Å²) in [5.41, 5.74) is 1.01. The fourth-order valence-corrected chi connectivity index (χ4v) is 3.77. The summed E-state index contributed by atoms with van der Waals surface area (Å²) in [6, 6.07) is 7.85. The summed E-state index contributed by atoms with van der Waals surface area (Å²) < 4.78 is 0. The summed E-state index contributed by atoms with van der Waals surface area (Å²) in [7, 11) is 1.85. The standard InChI is InChI=1S/C17H21ClN2O2/c1-19-15-11-20(9-8-13(15)10-17(19)22)16(21)7-6-12-4-2-3-5-14(12)18/h2-5,13,15H,6-11H2,1H3/t13-,15-/m1/s1. The molecule has 2 amide bonds. The first-order chi connectivity index (χ1) is 10.6. The average Bonchev–Trinajstić information content (AvgIpc) is 2.81. The van der Waals surface area contributed by atoms with Gasteiger partial charge in [0.2, 0.25) is 11.8 Å². The van der Waals surface area contributed by atoms with Gasteiger partial charge in [0.1, 0.15) is 0 Å². The van der Waals surface area contributed by atoms with Crippen LogP contribution in [-0.4, -0.2) is 47.8 Å². The zero-order chi connectivity index (χ0) is 15.7. The van der Waals surface area contributed by atoms with Crippen molar-refractivity contribution in [2.75, 3.05) is 20.1 Å². The summed E-state index contributed by atoms with van der Waals surface area (Å²) in [6.07, 6.45) is 2.71. The summed E-state index contributed by atoms with van der Waals surface area (Å²) in [5.74, 6) is 0.789. The molecule has 1 aromatic carbocycles. The minimum atomic E-state index is 0.158. The Morgan fingerprint density at radius 2 is 2.14 bits per heavy atom. The molecule has 2 aliphatic heterocycles. The fraction of sp³-hybridized carbons (Fsp3) is 0.529. The first kappa shape index (κ1) is 15.3. The molecule has 0 aromatic heterocycles. The highest BCUT2D eigenvalue weighted by Crippen LogP contribution is 2.31. The van der Waals surface area contributed by atoms with E-state index in [2.05, 4.69) is 0 Å². The second-order valence-electron chi connectivity index (χ2n) is 6.26. The van der Waals surface area contributed by atoms with Crippen LogP contribution in [0.1, 0.15) is 24.8 Å². The van der Waals surface area contributed by atoms with Gasteiger partial charge >= 0.3 is 0 Å². The lowest BCUT2D eigenvalue weighted by Crippen LogP contribution is -2.49. The molecule has 2 aliphatic rings. The Labute approximate surface area is 136 Å². The third kappa shape index (κ3) is 2.98. The van der Waals surface area contributed by atoms with Crippen molar-refractivity contribution in [3.8, 4) is 0 Å². The summed E-state index contributed by atoms with van der Waals surface area (Å²) in [5, 5.41) is 0.718. The van der Waals surface area contributed by atoms with Gasteiger partial charge < -0.3 is 9.80 Å². The molecule has 0 saturated carbocycles. The minimum Gasteiger partial charge on any atom is -0.341 e. The summed E-state index contributed by atoms with van der Waals surface area (Å²) in [4.78, 5) is 27.9. The van der Waals surface area contributed by atoms with Crippen LogP contribution in [0.4, 0.5) is 0 Å². The van der Waals surface area contributed by atoms with Crippen molar-refractivity contribution in [3.63, 3.8) is 0 Å². The molecule has 0 bridgehead atoms. The van der Waals surface area contributed by atoms with Gasteiger partial charge in [0, 0.05) is 38.0 Å². The molecule has 4 nitrogen and oxygen atoms in total. The summed E-state index contributed by atoms with van der Waals surface area (Å²) >= 11 is 6.13. The monoisotopic (exact) mass is 320 g/mol. The quantitative estimate of drug-likeness (QED) is 0.858. The molecule has 2 saturated heterocycles. The molecular formula is C17H21ClN2O2. The molecular weight excluding hydrogens is 300 g/mol. The lowest BCUT2D eigenvalue weighted by atomic mass is 9.92. The van der Waals surface area contributed by atoms with Crippen LogP contribution >= 0.6 is 11.6 Å². The lowest BCUT2D eigenvalue weighted by Gasteiger charge is -2.37. The predicted octanol–water partition coefficient (Wildman–Crippen LogP) is 2.35. The molecule has 1 aromatic rings. The Kier molecular flexibility index (Phi) is 4.39. The van der Waals surface area contributed by atoms with Crippen LogP contribution in [0, 0.1) is 5.92 Å². The van der Waals surface area contributed by atoms with E-state index in [1.807, 2.05) is 41.1 Å². The Bertz CT molecular complexity index is 590. The van der Waals surface area contributed by atoms with Crippen LogP contribution in [0.5, 0.6) is 0 Å². The predicted molar refractivity (Wildman–Crippen MR) is 85.6 cm³/mol. The average molecular weight is 321 g/mol. The van der Waals surface area contributed by atoms with Crippen LogP contribution in [0.25, 0.3) is 0 Å². The minimum absolute atomic E-state index is 0.158. The number of hydrogen-bond donors (Lipinski definition) is 0. The van der Waals surface area contributed by atoms with E-state index in [1.54, 1.807) is 0 Å². The number of rotatable bonds is 3. The molecule has 2 atom stereocenters. The number of carbonyl (C=O) groups is 2. The van der Waals surface area contributed by atoms with Gasteiger partial charge in [-0.05, 0) is 30.4 Å². The van der Waals surface area contributed by atoms with Crippen LogP contribution < -0.4 is 0 Å². The first-order valence-corrected chi connectivity index (χ1v) is 8.21. The second-order valence-corrected chi connectivity index (χ2v) is 6.66. The van der Waals surface area contributed by atoms with Gasteiger partial charge in [0.05, 0.1) is 6.04 Å². The SMILES string of the molecule is CN1C(=O)C[C@H]2CCN(C(=O)CCc3ccccc3Cl)C[C@H]21. The number of fused-ring (bicyclic) bond motifs is 1. The molecule has 2 fully saturated rings. The molecule has 22 heavy (non-hydrogen) atoms. The number of likely N-dealkylation sites (N-methyl/N-ethyl adjacent to an activating group) is 1. The van der Waals surface area contributed by atoms with Crippen molar-refractivity contribution < 1.29 is 9.59 Å². The maximum absolute atomic E-state index is 12.4. The van der Waals surface area contributed by atoms with Crippen molar-refractivity contribution >= 4 is 23.4 Å². The Morgan fingerprint density at radius 1 is 1.36 bits per heavy atom. The van der Waals surface area contributed by atoms with Crippen LogP contribution in [0.2, 0.25) is 5.02 Å². The summed E-state index contributed by atoms with van der Waals surface area (Å²) in [6.45, 7) is 1.44. The van der Waals surface area contributed by atoms with Crippen LogP contribution in [0.3, 0.4) is 0 Å². The smallest absolute Gasteiger partial charge is 0.222 e. The zero-order valence-electron chi connectivity index (χ0n) is 12.8. The normalized spacial score (nSPS) is 24.5. The van der Waals surface area contributed by atoms with Crippen LogP contribution in [0.15, 0.2) is 24.3 Å². The molecule has 0 radical (unpaired) electrons. The van der Waals surface area contributed by atoms with E-state index in [1.165, 1.54) is 0 Å². The third-order valence-electron chi connectivity index (χ3n) is 4.97. The van der Waals surface area contributed by atoms with E-state index in [4.69, 9.17) is 11.6 Å². The van der Waals surface area contributed by atoms with Crippen LogP contribution in [-0.2, 0) is 16.0 Å². The number of aryl methyl sites for hydroxylation is 1. The Hall–Kier alpha value is -1.55. The van der Waals surface area contributed by atoms with Crippen molar-refractivity contribution in [2.24, 2.45) is 5.92 Å². The topological polar surface area (TPSA) is 40.6 Å². The number of carbonyl (C=O) groups excluding carboxylic acids is 2. The Morgan fingerprint density at radius 3 is 2.91 bits per heavy atom. The number of halogens is 1. The lowest BCUT2D eigenvalue weighted by molar-refractivity contribution is -0.135. The maximum Gasteiger partial charge on any atom is 0.222 e. The highest BCUT2D eigenvalue weighted by Gasteiger charge is 2.41. The van der Waals surface area contributed by atoms with Gasteiger partial charge in [-0.1, -0.05) is 29.8 Å². The van der Waals surface area contributed by atoms with Gasteiger partial charge in [0.15, 0.2) is 0 Å². The second kappa shape index (κ2) is 6.29. The van der Waals surface area contributed by atoms with Gasteiger partial charge in [-0.2, -0.15) is 0 Å². The number of benzene rings is 1. The van der Waals surface area contributed by atoms with E-state index in [9.17, 15) is 9.59 Å². The van der Waals surface area contributed by atoms with E-state index in [0.717, 1.165) is 23.6 Å². The Balaban J connectivity index is 1.57. The molecule has 0 aliphatic carbocycles. The largest absolute Gasteiger partial charge is 0.341 e. The number of amides is 2. The highest BCUT2D eigenvalue weighted by atomic mass is 35.5. The molecule has 0 unspecified atom stereocenters. The van der Waals surface area contributed by atoms with Crippen molar-refractivity contribution in [1.29, 1.82) is 0 Å². The van der Waals surface area contributed by atoms with Gasteiger partial charge in [-0.25, -0.2) is 0 Å². The number of piperidine rings is 1. The van der Waals surface area contributed by atoms with E-state index >= 15 is 0 Å². The zero-order valence-corrected chi connectivity index (χ0v) is 13.6. The number of likely N-dealkylation sites (tertiary alicyclic amines) is 2. The molecule has 5 heteroatoms. The molecule has 0 spiro atoms. The van der Waals surface area contributed by atoms with E-state index < -0.39 is 0 Å². The van der Waals surface area contributed by atoms with Gasteiger partial charge in [0.25, 0.3) is 0 Å². The maximum atomic E-state index is 12.4. The van der Waals surface area contributed by atoms with Gasteiger partial charge in [-0.15, -0.1) is 0 Å². The number of hydrogen-bond acceptors (Lipinski definition) is 2.